The second-order valence-electron chi connectivity index (χ2n) is 6.52. The number of para-hydroxylation sites is 1. The zero-order chi connectivity index (χ0) is 20.0. The molecule has 3 aromatic rings. The van der Waals surface area contributed by atoms with Gasteiger partial charge in [-0.05, 0) is 47.9 Å². The molecule has 0 aliphatic rings. The van der Waals surface area contributed by atoms with Crippen LogP contribution in [0.4, 0.5) is 11.4 Å². The van der Waals surface area contributed by atoms with E-state index in [-0.39, 0.29) is 17.3 Å². The highest BCUT2D eigenvalue weighted by Crippen LogP contribution is 2.19. The first-order chi connectivity index (χ1) is 13.4. The predicted octanol–water partition coefficient (Wildman–Crippen LogP) is 3.73. The minimum atomic E-state index is -3.25. The fourth-order valence-corrected chi connectivity index (χ4v) is 3.46. The second kappa shape index (κ2) is 8.71. The lowest BCUT2D eigenvalue weighted by atomic mass is 10.0. The van der Waals surface area contributed by atoms with Gasteiger partial charge in [0, 0.05) is 17.6 Å². The lowest BCUT2D eigenvalue weighted by molar-refractivity contribution is -0.114. The van der Waals surface area contributed by atoms with Gasteiger partial charge in [0.1, 0.15) is 0 Å². The second-order valence-corrected chi connectivity index (χ2v) is 8.53. The average molecular weight is 394 g/mol. The minimum Gasteiger partial charge on any atom is -0.376 e. The molecular formula is C22H22N2O3S. The number of amides is 1. The highest BCUT2D eigenvalue weighted by atomic mass is 32.2. The van der Waals surface area contributed by atoms with E-state index < -0.39 is 9.84 Å². The van der Waals surface area contributed by atoms with E-state index in [1.165, 1.54) is 17.7 Å². The Morgan fingerprint density at radius 3 is 2.18 bits per heavy atom. The van der Waals surface area contributed by atoms with Crippen molar-refractivity contribution in [2.45, 2.75) is 11.3 Å². The Kier molecular flexibility index (Phi) is 6.11. The van der Waals surface area contributed by atoms with Crippen LogP contribution >= 0.6 is 0 Å². The summed E-state index contributed by atoms with van der Waals surface area (Å²) in [6.45, 7) is 0.111. The number of hydrogen-bond acceptors (Lipinski definition) is 4. The Balaban J connectivity index is 1.60. The van der Waals surface area contributed by atoms with E-state index in [0.717, 1.165) is 23.9 Å². The van der Waals surface area contributed by atoms with E-state index in [1.807, 2.05) is 42.5 Å². The van der Waals surface area contributed by atoms with Crippen LogP contribution in [0.5, 0.6) is 0 Å². The molecule has 2 N–H and O–H groups in total. The molecule has 0 heterocycles. The van der Waals surface area contributed by atoms with Crippen molar-refractivity contribution in [3.05, 3.63) is 90.0 Å². The van der Waals surface area contributed by atoms with Crippen molar-refractivity contribution in [2.75, 3.05) is 23.4 Å². The average Bonchev–Trinajstić information content (AvgIpc) is 2.68. The van der Waals surface area contributed by atoms with Crippen molar-refractivity contribution in [1.82, 2.24) is 0 Å². The van der Waals surface area contributed by atoms with Crippen LogP contribution in [-0.2, 0) is 21.1 Å². The Morgan fingerprint density at radius 2 is 1.50 bits per heavy atom. The molecule has 0 bridgehead atoms. The Labute approximate surface area is 165 Å². The Bertz CT molecular complexity index is 1050. The van der Waals surface area contributed by atoms with Crippen LogP contribution in [0.3, 0.4) is 0 Å². The quantitative estimate of drug-likeness (QED) is 0.640. The van der Waals surface area contributed by atoms with Crippen molar-refractivity contribution >= 4 is 27.1 Å². The topological polar surface area (TPSA) is 75.3 Å². The molecule has 0 aromatic heterocycles. The van der Waals surface area contributed by atoms with Gasteiger partial charge in [0.15, 0.2) is 9.84 Å². The van der Waals surface area contributed by atoms with Crippen LogP contribution in [0, 0.1) is 0 Å². The van der Waals surface area contributed by atoms with Crippen LogP contribution in [0.15, 0.2) is 83.8 Å². The fourth-order valence-electron chi connectivity index (χ4n) is 2.83. The summed E-state index contributed by atoms with van der Waals surface area (Å²) < 4.78 is 23.0. The van der Waals surface area contributed by atoms with Gasteiger partial charge < -0.3 is 10.6 Å². The first kappa shape index (κ1) is 19.6. The molecule has 0 unspecified atom stereocenters. The number of anilines is 2. The van der Waals surface area contributed by atoms with Crippen LogP contribution in [-0.4, -0.2) is 27.1 Å². The third kappa shape index (κ3) is 5.44. The number of rotatable bonds is 7. The fraction of sp³-hybridized carbons (Fsp3) is 0.136. The molecule has 0 atom stereocenters. The zero-order valence-corrected chi connectivity index (χ0v) is 16.4. The summed E-state index contributed by atoms with van der Waals surface area (Å²) >= 11 is 0. The normalized spacial score (nSPS) is 11.0. The molecule has 3 aromatic carbocycles. The zero-order valence-electron chi connectivity index (χ0n) is 15.6. The van der Waals surface area contributed by atoms with E-state index in [1.54, 1.807) is 12.1 Å². The van der Waals surface area contributed by atoms with Crippen molar-refractivity contribution in [3.8, 4) is 0 Å². The number of hydrogen-bond donors (Lipinski definition) is 2. The maximum absolute atomic E-state index is 12.2. The molecule has 28 heavy (non-hydrogen) atoms. The van der Waals surface area contributed by atoms with Gasteiger partial charge in [0.25, 0.3) is 0 Å². The molecule has 5 nitrogen and oxygen atoms in total. The number of nitrogens with one attached hydrogen (secondary N) is 2. The largest absolute Gasteiger partial charge is 0.376 e. The number of carbonyl (C=O) groups excluding carboxylic acids is 1. The molecule has 0 radical (unpaired) electrons. The summed E-state index contributed by atoms with van der Waals surface area (Å²) in [6, 6.07) is 24.2. The lowest BCUT2D eigenvalue weighted by Crippen LogP contribution is -2.22. The van der Waals surface area contributed by atoms with Crippen molar-refractivity contribution < 1.29 is 13.2 Å². The van der Waals surface area contributed by atoms with Crippen LogP contribution in [0.1, 0.15) is 11.1 Å². The van der Waals surface area contributed by atoms with Crippen molar-refractivity contribution in [2.24, 2.45) is 0 Å². The van der Waals surface area contributed by atoms with Gasteiger partial charge in [-0.1, -0.05) is 48.5 Å². The van der Waals surface area contributed by atoms with E-state index in [9.17, 15) is 13.2 Å². The maximum Gasteiger partial charge on any atom is 0.243 e. The molecule has 3 rings (SSSR count). The van der Waals surface area contributed by atoms with Gasteiger partial charge in [-0.2, -0.15) is 0 Å². The monoisotopic (exact) mass is 394 g/mol. The van der Waals surface area contributed by atoms with E-state index in [0.29, 0.717) is 5.69 Å². The third-order valence-corrected chi connectivity index (χ3v) is 5.39. The Morgan fingerprint density at radius 1 is 0.857 bits per heavy atom. The van der Waals surface area contributed by atoms with Crippen molar-refractivity contribution in [1.29, 1.82) is 0 Å². The molecule has 1 amide bonds. The van der Waals surface area contributed by atoms with Crippen LogP contribution in [0.25, 0.3) is 0 Å². The van der Waals surface area contributed by atoms with E-state index in [4.69, 9.17) is 0 Å². The SMILES string of the molecule is CS(=O)(=O)c1ccc(NC(=O)CNc2ccccc2Cc2ccccc2)cc1. The van der Waals surface area contributed by atoms with Gasteiger partial charge >= 0.3 is 0 Å². The molecular weight excluding hydrogens is 372 g/mol. The molecule has 0 aliphatic heterocycles. The first-order valence-electron chi connectivity index (χ1n) is 8.87. The van der Waals surface area contributed by atoms with Gasteiger partial charge in [0.05, 0.1) is 11.4 Å². The molecule has 0 saturated heterocycles. The van der Waals surface area contributed by atoms with Crippen molar-refractivity contribution in [3.63, 3.8) is 0 Å². The first-order valence-corrected chi connectivity index (χ1v) is 10.8. The van der Waals surface area contributed by atoms with Gasteiger partial charge in [0.2, 0.25) is 5.91 Å². The molecule has 0 aliphatic carbocycles. The van der Waals surface area contributed by atoms with Gasteiger partial charge in [-0.3, -0.25) is 4.79 Å². The number of benzene rings is 3. The summed E-state index contributed by atoms with van der Waals surface area (Å²) in [4.78, 5) is 12.5. The summed E-state index contributed by atoms with van der Waals surface area (Å²) in [6.07, 6.45) is 1.93. The van der Waals surface area contributed by atoms with Gasteiger partial charge in [-0.15, -0.1) is 0 Å². The Hall–Kier alpha value is -3.12. The molecule has 0 fully saturated rings. The number of carbonyl (C=O) groups is 1. The minimum absolute atomic E-state index is 0.111. The van der Waals surface area contributed by atoms with Crippen LogP contribution in [0.2, 0.25) is 0 Å². The molecule has 144 valence electrons. The molecule has 6 heteroatoms. The number of sulfone groups is 1. The van der Waals surface area contributed by atoms with Crippen LogP contribution < -0.4 is 10.6 Å². The molecule has 0 spiro atoms. The lowest BCUT2D eigenvalue weighted by Gasteiger charge is -2.12. The molecule has 0 saturated carbocycles. The standard InChI is InChI=1S/C22H22N2O3S/c1-28(26,27)20-13-11-19(12-14-20)24-22(25)16-23-21-10-6-5-9-18(21)15-17-7-3-2-4-8-17/h2-14,23H,15-16H2,1H3,(H,24,25). The summed E-state index contributed by atoms with van der Waals surface area (Å²) in [7, 11) is -3.25. The summed E-state index contributed by atoms with van der Waals surface area (Å²) in [5, 5.41) is 5.94. The van der Waals surface area contributed by atoms with E-state index >= 15 is 0 Å². The van der Waals surface area contributed by atoms with Gasteiger partial charge in [-0.25, -0.2) is 8.42 Å². The predicted molar refractivity (Wildman–Crippen MR) is 112 cm³/mol. The highest BCUT2D eigenvalue weighted by molar-refractivity contribution is 7.90. The summed E-state index contributed by atoms with van der Waals surface area (Å²) in [5.74, 6) is -0.207. The summed E-state index contributed by atoms with van der Waals surface area (Å²) in [5.41, 5.74) is 3.77. The maximum atomic E-state index is 12.2. The third-order valence-electron chi connectivity index (χ3n) is 4.26. The smallest absolute Gasteiger partial charge is 0.243 e. The highest BCUT2D eigenvalue weighted by Gasteiger charge is 2.09. The van der Waals surface area contributed by atoms with E-state index in [2.05, 4.69) is 22.8 Å².